The van der Waals surface area contributed by atoms with E-state index in [-0.39, 0.29) is 0 Å². The van der Waals surface area contributed by atoms with Gasteiger partial charge in [-0.2, -0.15) is 10.3 Å². The highest BCUT2D eigenvalue weighted by atomic mass is 32.1. The summed E-state index contributed by atoms with van der Waals surface area (Å²) in [6, 6.07) is 14.3. The summed E-state index contributed by atoms with van der Waals surface area (Å²) in [6.07, 6.45) is 1.89. The SMILES string of the molecule is Nc1n[nH]nc1-c1ccc(-c2cnc3ccccc3c2)s1. The molecular weight excluding hydrogens is 282 g/mol. The molecule has 3 heterocycles. The number of fused-ring (bicyclic) bond motifs is 1. The molecule has 0 spiro atoms. The summed E-state index contributed by atoms with van der Waals surface area (Å²) in [4.78, 5) is 6.62. The normalized spacial score (nSPS) is 11.0. The number of hydrogen-bond acceptors (Lipinski definition) is 5. The molecule has 0 radical (unpaired) electrons. The smallest absolute Gasteiger partial charge is 0.174 e. The second-order valence-corrected chi connectivity index (χ2v) is 5.72. The Kier molecular flexibility index (Phi) is 2.68. The molecule has 0 atom stereocenters. The fourth-order valence-electron chi connectivity index (χ4n) is 2.25. The standard InChI is InChI=1S/C15H11N5S/c16-15-14(18-20-19-15)13-6-5-12(21-13)10-7-9-3-1-2-4-11(9)17-8-10/h1-8H,(H3,16,18,19,20). The predicted molar refractivity (Wildman–Crippen MR) is 84.8 cm³/mol. The topological polar surface area (TPSA) is 80.5 Å². The number of thiophene rings is 1. The quantitative estimate of drug-likeness (QED) is 0.594. The molecular formula is C15H11N5S. The average Bonchev–Trinajstić information content (AvgIpc) is 3.15. The Labute approximate surface area is 124 Å². The van der Waals surface area contributed by atoms with Crippen LogP contribution >= 0.6 is 11.3 Å². The molecule has 3 N–H and O–H groups in total. The molecule has 5 nitrogen and oxygen atoms in total. The average molecular weight is 293 g/mol. The van der Waals surface area contributed by atoms with Crippen molar-refractivity contribution in [3.63, 3.8) is 0 Å². The highest BCUT2D eigenvalue weighted by molar-refractivity contribution is 7.18. The van der Waals surface area contributed by atoms with E-state index in [0.29, 0.717) is 11.5 Å². The van der Waals surface area contributed by atoms with Crippen LogP contribution in [0.4, 0.5) is 5.82 Å². The van der Waals surface area contributed by atoms with Gasteiger partial charge in [-0.15, -0.1) is 16.4 Å². The number of benzene rings is 1. The first kappa shape index (κ1) is 12.0. The summed E-state index contributed by atoms with van der Waals surface area (Å²) in [5.74, 6) is 0.417. The van der Waals surface area contributed by atoms with Crippen molar-refractivity contribution in [2.45, 2.75) is 0 Å². The molecule has 0 amide bonds. The van der Waals surface area contributed by atoms with Gasteiger partial charge in [0.2, 0.25) is 0 Å². The van der Waals surface area contributed by atoms with E-state index in [9.17, 15) is 0 Å². The van der Waals surface area contributed by atoms with Crippen LogP contribution in [0.5, 0.6) is 0 Å². The number of H-pyrrole nitrogens is 1. The van der Waals surface area contributed by atoms with Gasteiger partial charge in [0, 0.05) is 22.0 Å². The molecule has 0 aliphatic carbocycles. The summed E-state index contributed by atoms with van der Waals surface area (Å²) in [5.41, 5.74) is 8.57. The van der Waals surface area contributed by atoms with E-state index < -0.39 is 0 Å². The number of hydrogen-bond donors (Lipinski definition) is 2. The summed E-state index contributed by atoms with van der Waals surface area (Å²) in [6.45, 7) is 0. The summed E-state index contributed by atoms with van der Waals surface area (Å²) in [5, 5.41) is 11.6. The second-order valence-electron chi connectivity index (χ2n) is 4.64. The number of nitrogens with zero attached hydrogens (tertiary/aromatic N) is 3. The number of nitrogen functional groups attached to an aromatic ring is 1. The number of nitrogens with two attached hydrogens (primary N) is 1. The van der Waals surface area contributed by atoms with E-state index in [4.69, 9.17) is 5.73 Å². The predicted octanol–water partition coefficient (Wildman–Crippen LogP) is 3.33. The van der Waals surface area contributed by atoms with Gasteiger partial charge in [0.25, 0.3) is 0 Å². The van der Waals surface area contributed by atoms with E-state index in [1.165, 1.54) is 0 Å². The van der Waals surface area contributed by atoms with E-state index >= 15 is 0 Å². The Hall–Kier alpha value is -2.73. The maximum absolute atomic E-state index is 5.78. The number of anilines is 1. The third kappa shape index (κ3) is 2.05. The number of rotatable bonds is 2. The minimum atomic E-state index is 0.417. The number of para-hydroxylation sites is 1. The molecule has 0 bridgehead atoms. The third-order valence-electron chi connectivity index (χ3n) is 3.29. The van der Waals surface area contributed by atoms with Gasteiger partial charge < -0.3 is 5.73 Å². The Bertz CT molecular complexity index is 924. The van der Waals surface area contributed by atoms with Crippen LogP contribution in [-0.4, -0.2) is 20.4 Å². The van der Waals surface area contributed by atoms with Crippen molar-refractivity contribution in [2.75, 3.05) is 5.73 Å². The van der Waals surface area contributed by atoms with Crippen molar-refractivity contribution in [3.05, 3.63) is 48.7 Å². The molecule has 4 rings (SSSR count). The lowest BCUT2D eigenvalue weighted by atomic mass is 10.1. The summed E-state index contributed by atoms with van der Waals surface area (Å²) >= 11 is 1.62. The van der Waals surface area contributed by atoms with Crippen molar-refractivity contribution < 1.29 is 0 Å². The number of pyridine rings is 1. The molecule has 3 aromatic heterocycles. The molecule has 0 fully saturated rings. The molecule has 0 aliphatic rings. The van der Waals surface area contributed by atoms with E-state index in [1.54, 1.807) is 11.3 Å². The van der Waals surface area contributed by atoms with E-state index in [2.05, 4.69) is 38.6 Å². The van der Waals surface area contributed by atoms with Gasteiger partial charge >= 0.3 is 0 Å². The van der Waals surface area contributed by atoms with Crippen molar-refractivity contribution >= 4 is 28.1 Å². The maximum Gasteiger partial charge on any atom is 0.174 e. The number of aromatic amines is 1. The monoisotopic (exact) mass is 293 g/mol. The Morgan fingerprint density at radius 2 is 1.86 bits per heavy atom. The highest BCUT2D eigenvalue weighted by Gasteiger charge is 2.11. The molecule has 102 valence electrons. The van der Waals surface area contributed by atoms with Gasteiger partial charge in [0.05, 0.1) is 10.4 Å². The zero-order valence-corrected chi connectivity index (χ0v) is 11.8. The number of nitrogens with one attached hydrogen (secondary N) is 1. The van der Waals surface area contributed by atoms with Gasteiger partial charge in [-0.1, -0.05) is 18.2 Å². The van der Waals surface area contributed by atoms with Gasteiger partial charge in [-0.3, -0.25) is 4.98 Å². The Morgan fingerprint density at radius 3 is 2.71 bits per heavy atom. The molecule has 0 unspecified atom stereocenters. The van der Waals surface area contributed by atoms with Gasteiger partial charge in [-0.05, 0) is 24.3 Å². The summed E-state index contributed by atoms with van der Waals surface area (Å²) < 4.78 is 0. The fraction of sp³-hybridized carbons (Fsp3) is 0. The molecule has 0 aliphatic heterocycles. The van der Waals surface area contributed by atoms with Gasteiger partial charge in [0.1, 0.15) is 5.69 Å². The Balaban J connectivity index is 1.79. The Morgan fingerprint density at radius 1 is 1.00 bits per heavy atom. The third-order valence-corrected chi connectivity index (χ3v) is 4.43. The van der Waals surface area contributed by atoms with E-state index in [1.807, 2.05) is 30.5 Å². The van der Waals surface area contributed by atoms with Crippen LogP contribution in [0.2, 0.25) is 0 Å². The first-order valence-corrected chi connectivity index (χ1v) is 7.24. The molecule has 6 heteroatoms. The van der Waals surface area contributed by atoms with Crippen molar-refractivity contribution in [3.8, 4) is 21.0 Å². The lowest BCUT2D eigenvalue weighted by molar-refractivity contribution is 0.946. The lowest BCUT2D eigenvalue weighted by Gasteiger charge is -2.00. The minimum absolute atomic E-state index is 0.417. The fourth-order valence-corrected chi connectivity index (χ4v) is 3.23. The van der Waals surface area contributed by atoms with Crippen LogP contribution < -0.4 is 5.73 Å². The zero-order chi connectivity index (χ0) is 14.2. The largest absolute Gasteiger partial charge is 0.380 e. The maximum atomic E-state index is 5.78. The molecule has 4 aromatic rings. The van der Waals surface area contributed by atoms with Crippen LogP contribution in [0, 0.1) is 0 Å². The molecule has 21 heavy (non-hydrogen) atoms. The summed E-state index contributed by atoms with van der Waals surface area (Å²) in [7, 11) is 0. The van der Waals surface area contributed by atoms with Crippen LogP contribution in [0.1, 0.15) is 0 Å². The lowest BCUT2D eigenvalue weighted by Crippen LogP contribution is -1.86. The zero-order valence-electron chi connectivity index (χ0n) is 10.9. The minimum Gasteiger partial charge on any atom is -0.380 e. The first-order chi connectivity index (χ1) is 10.3. The second kappa shape index (κ2) is 4.68. The van der Waals surface area contributed by atoms with Gasteiger partial charge in [-0.25, -0.2) is 0 Å². The van der Waals surface area contributed by atoms with Crippen LogP contribution in [0.15, 0.2) is 48.7 Å². The first-order valence-electron chi connectivity index (χ1n) is 6.43. The van der Waals surface area contributed by atoms with E-state index in [0.717, 1.165) is 26.2 Å². The van der Waals surface area contributed by atoms with Crippen molar-refractivity contribution in [1.82, 2.24) is 20.4 Å². The van der Waals surface area contributed by atoms with Crippen molar-refractivity contribution in [2.24, 2.45) is 0 Å². The van der Waals surface area contributed by atoms with Crippen LogP contribution in [0.25, 0.3) is 31.9 Å². The molecule has 1 aromatic carbocycles. The number of aromatic nitrogens is 4. The molecule has 0 saturated carbocycles. The highest BCUT2D eigenvalue weighted by Crippen LogP contribution is 2.35. The van der Waals surface area contributed by atoms with Crippen molar-refractivity contribution in [1.29, 1.82) is 0 Å². The van der Waals surface area contributed by atoms with Gasteiger partial charge in [0.15, 0.2) is 5.82 Å². The van der Waals surface area contributed by atoms with Crippen LogP contribution in [0.3, 0.4) is 0 Å². The van der Waals surface area contributed by atoms with Crippen LogP contribution in [-0.2, 0) is 0 Å². The molecule has 0 saturated heterocycles.